The van der Waals surface area contributed by atoms with E-state index in [4.69, 9.17) is 4.84 Å². The van der Waals surface area contributed by atoms with E-state index in [9.17, 15) is 24.8 Å². The fourth-order valence-corrected chi connectivity index (χ4v) is 7.89. The molecule has 0 spiro atoms. The molecular weight excluding hydrogens is 362 g/mol. The van der Waals surface area contributed by atoms with E-state index in [0.29, 0.717) is 25.2 Å². The Labute approximate surface area is 165 Å². The molecule has 0 aliphatic heterocycles. The van der Waals surface area contributed by atoms with E-state index in [1.54, 1.807) is 0 Å². The Morgan fingerprint density at radius 1 is 1.21 bits per heavy atom. The van der Waals surface area contributed by atoms with E-state index < -0.39 is 11.7 Å². The number of ketones is 2. The van der Waals surface area contributed by atoms with Gasteiger partial charge in [-0.1, -0.05) is 13.8 Å². The second-order valence-corrected chi connectivity index (χ2v) is 10.2. The van der Waals surface area contributed by atoms with Crippen molar-refractivity contribution < 1.29 is 24.6 Å². The number of Topliss-reactive ketones (excluding diaryl/α,β-unsaturated/α-hetero) is 2. The van der Waals surface area contributed by atoms with Gasteiger partial charge >= 0.3 is 0 Å². The summed E-state index contributed by atoms with van der Waals surface area (Å²) in [4.78, 5) is 41.4. The molecule has 1 N–H and O–H groups in total. The molecule has 0 bridgehead atoms. The summed E-state index contributed by atoms with van der Waals surface area (Å²) in [6.45, 7) is 3.86. The SMILES string of the molecule is C[C@]12CC[C@@H](O[N+](=O)[O-])C[C@@H]1CC[C@H]1[C@@H]3CC[C@H](C(=O)CO)[C@@]3(C)CC(=O)[C@@H]12. The summed E-state index contributed by atoms with van der Waals surface area (Å²) >= 11 is 0. The van der Waals surface area contributed by atoms with Crippen LogP contribution in [-0.2, 0) is 14.4 Å². The average molecular weight is 393 g/mol. The highest BCUT2D eigenvalue weighted by Crippen LogP contribution is 2.66. The molecule has 0 aromatic heterocycles. The molecule has 0 unspecified atom stereocenters. The van der Waals surface area contributed by atoms with Crippen molar-refractivity contribution in [1.29, 1.82) is 0 Å². The standard InChI is InChI=1S/C21H31NO6/c1-20-8-7-13(28-22(26)27)9-12(20)3-4-14-15-5-6-16(18(25)11-23)21(15,2)10-17(24)19(14)20/h12-16,19,23H,3-11H2,1-2H3/t12-,13+,14-,15-,16+,19+,20-,21-/m0/s1. The number of aliphatic hydroxyl groups is 1. The van der Waals surface area contributed by atoms with Crippen molar-refractivity contribution in [1.82, 2.24) is 0 Å². The van der Waals surface area contributed by atoms with E-state index >= 15 is 0 Å². The topological polar surface area (TPSA) is 107 Å². The summed E-state index contributed by atoms with van der Waals surface area (Å²) in [5.41, 5.74) is -0.454. The molecule has 4 saturated carbocycles. The third-order valence-electron chi connectivity index (χ3n) is 9.08. The molecular formula is C21H31NO6. The maximum Gasteiger partial charge on any atom is 0.294 e. The van der Waals surface area contributed by atoms with E-state index in [-0.39, 0.29) is 52.2 Å². The van der Waals surface area contributed by atoms with E-state index in [2.05, 4.69) is 13.8 Å². The molecule has 0 amide bonds. The van der Waals surface area contributed by atoms with Gasteiger partial charge < -0.3 is 9.94 Å². The van der Waals surface area contributed by atoms with Crippen LogP contribution in [0.1, 0.15) is 65.2 Å². The highest BCUT2D eigenvalue weighted by Gasteiger charge is 2.64. The number of carbonyl (C=O) groups is 2. The number of hydrogen-bond donors (Lipinski definition) is 1. The first-order valence-corrected chi connectivity index (χ1v) is 10.7. The Morgan fingerprint density at radius 2 is 1.96 bits per heavy atom. The minimum absolute atomic E-state index is 0.0103. The summed E-state index contributed by atoms with van der Waals surface area (Å²) in [5.74, 6) is 0.845. The molecule has 4 fully saturated rings. The first-order chi connectivity index (χ1) is 13.2. The van der Waals surface area contributed by atoms with Crippen molar-refractivity contribution in [2.24, 2.45) is 40.4 Å². The van der Waals surface area contributed by atoms with Gasteiger partial charge in [-0.2, -0.15) is 0 Å². The third kappa shape index (κ3) is 2.80. The van der Waals surface area contributed by atoms with Crippen molar-refractivity contribution in [2.45, 2.75) is 71.3 Å². The second-order valence-electron chi connectivity index (χ2n) is 10.2. The van der Waals surface area contributed by atoms with Crippen LogP contribution in [0.3, 0.4) is 0 Å². The monoisotopic (exact) mass is 393 g/mol. The number of hydrogen-bond acceptors (Lipinski definition) is 6. The molecule has 28 heavy (non-hydrogen) atoms. The second kappa shape index (κ2) is 6.78. The lowest BCUT2D eigenvalue weighted by Gasteiger charge is -2.59. The number of rotatable bonds is 4. The molecule has 0 saturated heterocycles. The molecule has 4 aliphatic rings. The fourth-order valence-electron chi connectivity index (χ4n) is 7.89. The fraction of sp³-hybridized carbons (Fsp3) is 0.905. The summed E-state index contributed by atoms with van der Waals surface area (Å²) in [5, 5.41) is 19.4. The first-order valence-electron chi connectivity index (χ1n) is 10.7. The van der Waals surface area contributed by atoms with Crippen molar-refractivity contribution >= 4 is 11.6 Å². The molecule has 0 aromatic rings. The van der Waals surface area contributed by atoms with Crippen LogP contribution in [0.2, 0.25) is 0 Å². The lowest BCUT2D eigenvalue weighted by molar-refractivity contribution is -0.770. The molecule has 0 heterocycles. The number of nitrogens with zero attached hydrogens (tertiary/aromatic N) is 1. The summed E-state index contributed by atoms with van der Waals surface area (Å²) in [6, 6.07) is 0. The quantitative estimate of drug-likeness (QED) is 0.581. The smallest absolute Gasteiger partial charge is 0.294 e. The predicted molar refractivity (Wildman–Crippen MR) is 99.6 cm³/mol. The third-order valence-corrected chi connectivity index (χ3v) is 9.08. The highest BCUT2D eigenvalue weighted by atomic mass is 17.0. The minimum Gasteiger partial charge on any atom is -0.389 e. The first kappa shape index (κ1) is 19.8. The minimum atomic E-state index is -0.688. The van der Waals surface area contributed by atoms with Gasteiger partial charge in [-0.05, 0) is 73.5 Å². The molecule has 7 nitrogen and oxygen atoms in total. The van der Waals surface area contributed by atoms with Gasteiger partial charge in [0.05, 0.1) is 0 Å². The Kier molecular flexibility index (Phi) is 4.80. The van der Waals surface area contributed by atoms with Gasteiger partial charge in [0.25, 0.3) is 5.09 Å². The van der Waals surface area contributed by atoms with Crippen LogP contribution in [0.5, 0.6) is 0 Å². The van der Waals surface area contributed by atoms with Crippen molar-refractivity contribution in [3.63, 3.8) is 0 Å². The molecule has 4 rings (SSSR count). The van der Waals surface area contributed by atoms with Crippen LogP contribution in [0.4, 0.5) is 0 Å². The zero-order chi connectivity index (χ0) is 20.3. The van der Waals surface area contributed by atoms with Crippen LogP contribution in [0.15, 0.2) is 0 Å². The van der Waals surface area contributed by atoms with Gasteiger partial charge in [0, 0.05) is 18.3 Å². The number of fused-ring (bicyclic) bond motifs is 5. The van der Waals surface area contributed by atoms with Crippen molar-refractivity contribution in [3.05, 3.63) is 10.1 Å². The maximum atomic E-state index is 13.4. The predicted octanol–water partition coefficient (Wildman–Crippen LogP) is 2.96. The van der Waals surface area contributed by atoms with E-state index in [1.165, 1.54) is 0 Å². The Hall–Kier alpha value is -1.50. The molecule has 8 atom stereocenters. The highest BCUT2D eigenvalue weighted by molar-refractivity contribution is 5.88. The number of carbonyl (C=O) groups excluding carboxylic acids is 2. The molecule has 7 heteroatoms. The van der Waals surface area contributed by atoms with E-state index in [1.807, 2.05) is 0 Å². The summed E-state index contributed by atoms with van der Waals surface area (Å²) in [6.07, 6.45) is 5.77. The van der Waals surface area contributed by atoms with Gasteiger partial charge in [0.2, 0.25) is 0 Å². The molecule has 0 aromatic carbocycles. The Balaban J connectivity index is 1.59. The van der Waals surface area contributed by atoms with Gasteiger partial charge in [-0.25, -0.2) is 0 Å². The molecule has 156 valence electrons. The lowest BCUT2D eigenvalue weighted by atomic mass is 9.44. The average Bonchev–Trinajstić information content (AvgIpc) is 2.97. The van der Waals surface area contributed by atoms with Crippen LogP contribution in [0.25, 0.3) is 0 Å². The Morgan fingerprint density at radius 3 is 2.64 bits per heavy atom. The van der Waals surface area contributed by atoms with Crippen LogP contribution in [0, 0.1) is 50.5 Å². The van der Waals surface area contributed by atoms with Crippen LogP contribution < -0.4 is 0 Å². The van der Waals surface area contributed by atoms with Gasteiger partial charge in [0.1, 0.15) is 18.5 Å². The van der Waals surface area contributed by atoms with Crippen molar-refractivity contribution in [3.8, 4) is 0 Å². The van der Waals surface area contributed by atoms with Crippen LogP contribution >= 0.6 is 0 Å². The van der Waals surface area contributed by atoms with Gasteiger partial charge in [-0.3, -0.25) is 9.59 Å². The maximum absolute atomic E-state index is 13.4. The van der Waals surface area contributed by atoms with Gasteiger partial charge in [0.15, 0.2) is 5.78 Å². The number of aliphatic hydroxyl groups excluding tert-OH is 1. The van der Waals surface area contributed by atoms with Gasteiger partial charge in [-0.15, -0.1) is 10.1 Å². The molecule has 4 aliphatic carbocycles. The zero-order valence-electron chi connectivity index (χ0n) is 16.8. The normalized spacial score (nSPS) is 47.6. The lowest BCUT2D eigenvalue weighted by Crippen LogP contribution is -2.58. The Bertz CT molecular complexity index is 694. The summed E-state index contributed by atoms with van der Waals surface area (Å²) < 4.78 is 0. The summed E-state index contributed by atoms with van der Waals surface area (Å²) in [7, 11) is 0. The van der Waals surface area contributed by atoms with Crippen molar-refractivity contribution in [2.75, 3.05) is 6.61 Å². The van der Waals surface area contributed by atoms with E-state index in [0.717, 1.165) is 32.1 Å². The van der Waals surface area contributed by atoms with Crippen LogP contribution in [-0.4, -0.2) is 34.5 Å². The largest absolute Gasteiger partial charge is 0.389 e. The molecule has 0 radical (unpaired) electrons. The zero-order valence-corrected chi connectivity index (χ0v) is 16.8.